The van der Waals surface area contributed by atoms with Gasteiger partial charge in [-0.1, -0.05) is 0 Å². The molecule has 0 spiro atoms. The van der Waals surface area contributed by atoms with Gasteiger partial charge in [0.2, 0.25) is 0 Å². The van der Waals surface area contributed by atoms with Crippen LogP contribution in [0.3, 0.4) is 0 Å². The first-order valence-electron chi connectivity index (χ1n) is 8.91. The van der Waals surface area contributed by atoms with E-state index in [0.717, 1.165) is 71.2 Å². The Balaban J connectivity index is 2.31. The highest BCUT2D eigenvalue weighted by atomic mass is 16.5. The minimum atomic E-state index is 0.146. The number of hydrogen-bond acceptors (Lipinski definition) is 5. The highest BCUT2D eigenvalue weighted by Gasteiger charge is 2.34. The third-order valence-electron chi connectivity index (χ3n) is 4.85. The molecule has 1 aliphatic rings. The lowest BCUT2D eigenvalue weighted by atomic mass is 9.88. The van der Waals surface area contributed by atoms with E-state index in [1.54, 1.807) is 7.11 Å². The molecule has 1 aliphatic heterocycles. The zero-order valence-corrected chi connectivity index (χ0v) is 16.2. The first kappa shape index (κ1) is 21.2. The van der Waals surface area contributed by atoms with Crippen molar-refractivity contribution in [2.24, 2.45) is 4.99 Å². The monoisotopic (exact) mass is 343 g/mol. The van der Waals surface area contributed by atoms with Crippen molar-refractivity contribution in [1.82, 2.24) is 20.4 Å². The van der Waals surface area contributed by atoms with Crippen molar-refractivity contribution in [3.63, 3.8) is 0 Å². The van der Waals surface area contributed by atoms with Crippen LogP contribution >= 0.6 is 0 Å². The topological polar surface area (TPSA) is 61.4 Å². The lowest BCUT2D eigenvalue weighted by Crippen LogP contribution is -2.57. The summed E-state index contributed by atoms with van der Waals surface area (Å²) in [4.78, 5) is 8.96. The second-order valence-electron chi connectivity index (χ2n) is 6.73. The maximum absolute atomic E-state index is 5.52. The van der Waals surface area contributed by atoms with Crippen LogP contribution in [0.2, 0.25) is 0 Å². The van der Waals surface area contributed by atoms with E-state index in [9.17, 15) is 0 Å². The third kappa shape index (κ3) is 7.34. The van der Waals surface area contributed by atoms with Crippen molar-refractivity contribution in [2.45, 2.75) is 24.8 Å². The number of nitrogens with zero attached hydrogens (tertiary/aromatic N) is 3. The van der Waals surface area contributed by atoms with E-state index >= 15 is 0 Å². The van der Waals surface area contributed by atoms with Gasteiger partial charge in [0, 0.05) is 65.7 Å². The number of guanidine groups is 1. The van der Waals surface area contributed by atoms with Crippen molar-refractivity contribution in [3.05, 3.63) is 0 Å². The molecule has 0 atom stereocenters. The molecular formula is C17H37N5O2. The SMILES string of the molecule is CN=C(NCCN(C)CCCOC)NCC1(N(C)C)CCOCC1. The van der Waals surface area contributed by atoms with Crippen LogP contribution in [0.5, 0.6) is 0 Å². The molecule has 0 unspecified atom stereocenters. The molecule has 7 heteroatoms. The maximum Gasteiger partial charge on any atom is 0.191 e. The van der Waals surface area contributed by atoms with E-state index < -0.39 is 0 Å². The molecule has 2 N–H and O–H groups in total. The van der Waals surface area contributed by atoms with Gasteiger partial charge in [0.05, 0.1) is 0 Å². The quantitative estimate of drug-likeness (QED) is 0.336. The van der Waals surface area contributed by atoms with E-state index in [-0.39, 0.29) is 5.54 Å². The highest BCUT2D eigenvalue weighted by Crippen LogP contribution is 2.24. The summed E-state index contributed by atoms with van der Waals surface area (Å²) in [5, 5.41) is 6.89. The predicted molar refractivity (Wildman–Crippen MR) is 99.8 cm³/mol. The Bertz CT molecular complexity index is 357. The Morgan fingerprint density at radius 2 is 1.88 bits per heavy atom. The summed E-state index contributed by atoms with van der Waals surface area (Å²) in [7, 11) is 10.0. The minimum absolute atomic E-state index is 0.146. The van der Waals surface area contributed by atoms with Crippen LogP contribution < -0.4 is 10.6 Å². The number of hydrogen-bond donors (Lipinski definition) is 2. The number of ether oxygens (including phenoxy) is 2. The van der Waals surface area contributed by atoms with Crippen molar-refractivity contribution < 1.29 is 9.47 Å². The first-order chi connectivity index (χ1) is 11.5. The Morgan fingerprint density at radius 1 is 1.17 bits per heavy atom. The molecule has 1 rings (SSSR count). The molecule has 0 radical (unpaired) electrons. The van der Waals surface area contributed by atoms with Crippen molar-refractivity contribution in [1.29, 1.82) is 0 Å². The van der Waals surface area contributed by atoms with Crippen LogP contribution in [0.25, 0.3) is 0 Å². The summed E-state index contributed by atoms with van der Waals surface area (Å²) in [6.07, 6.45) is 3.16. The number of methoxy groups -OCH3 is 1. The molecule has 1 heterocycles. The molecule has 142 valence electrons. The van der Waals surface area contributed by atoms with Crippen LogP contribution in [0, 0.1) is 0 Å². The van der Waals surface area contributed by atoms with Gasteiger partial charge in [-0.3, -0.25) is 4.99 Å². The van der Waals surface area contributed by atoms with Gasteiger partial charge in [-0.15, -0.1) is 0 Å². The summed E-state index contributed by atoms with van der Waals surface area (Å²) < 4.78 is 10.6. The van der Waals surface area contributed by atoms with Crippen LogP contribution in [0.1, 0.15) is 19.3 Å². The molecule has 0 aromatic heterocycles. The van der Waals surface area contributed by atoms with E-state index in [2.05, 4.69) is 46.6 Å². The van der Waals surface area contributed by atoms with Crippen LogP contribution in [0.15, 0.2) is 4.99 Å². The van der Waals surface area contributed by atoms with Crippen molar-refractivity contribution in [2.75, 3.05) is 81.3 Å². The fourth-order valence-electron chi connectivity index (χ4n) is 2.96. The highest BCUT2D eigenvalue weighted by molar-refractivity contribution is 5.79. The second kappa shape index (κ2) is 11.6. The van der Waals surface area contributed by atoms with Gasteiger partial charge in [0.25, 0.3) is 0 Å². The maximum atomic E-state index is 5.52. The molecule has 24 heavy (non-hydrogen) atoms. The second-order valence-corrected chi connectivity index (χ2v) is 6.73. The fourth-order valence-corrected chi connectivity index (χ4v) is 2.96. The van der Waals surface area contributed by atoms with Crippen LogP contribution in [-0.4, -0.2) is 103 Å². The average Bonchev–Trinajstić information content (AvgIpc) is 2.58. The van der Waals surface area contributed by atoms with Gasteiger partial charge in [-0.05, 0) is 40.4 Å². The number of aliphatic imine (C=N–C) groups is 1. The van der Waals surface area contributed by atoms with Crippen molar-refractivity contribution in [3.8, 4) is 0 Å². The molecule has 1 fully saturated rings. The van der Waals surface area contributed by atoms with E-state index in [1.807, 2.05) is 7.05 Å². The zero-order valence-electron chi connectivity index (χ0n) is 16.2. The summed E-state index contributed by atoms with van der Waals surface area (Å²) in [6.45, 7) is 6.27. The number of rotatable bonds is 10. The number of nitrogens with one attached hydrogen (secondary N) is 2. The van der Waals surface area contributed by atoms with E-state index in [4.69, 9.17) is 9.47 Å². The lowest BCUT2D eigenvalue weighted by molar-refractivity contribution is -0.00501. The van der Waals surface area contributed by atoms with Gasteiger partial charge in [0.1, 0.15) is 0 Å². The normalized spacial score (nSPS) is 18.2. The molecular weight excluding hydrogens is 306 g/mol. The Kier molecular flexibility index (Phi) is 10.2. The zero-order chi connectivity index (χ0) is 17.8. The van der Waals surface area contributed by atoms with E-state index in [1.165, 1.54) is 0 Å². The Morgan fingerprint density at radius 3 is 2.46 bits per heavy atom. The summed E-state index contributed by atoms with van der Waals surface area (Å²) in [5.74, 6) is 0.869. The molecule has 0 aromatic rings. The third-order valence-corrected chi connectivity index (χ3v) is 4.85. The molecule has 0 aliphatic carbocycles. The molecule has 0 bridgehead atoms. The Hall–Kier alpha value is -0.890. The fraction of sp³-hybridized carbons (Fsp3) is 0.941. The minimum Gasteiger partial charge on any atom is -0.385 e. The molecule has 0 saturated carbocycles. The smallest absolute Gasteiger partial charge is 0.191 e. The van der Waals surface area contributed by atoms with E-state index in [0.29, 0.717) is 0 Å². The standard InChI is InChI=1S/C17H37N5O2/c1-18-16(19-9-11-22(4)10-6-12-23-5)20-15-17(21(2)3)7-13-24-14-8-17/h6-15H2,1-5H3,(H2,18,19,20). The summed E-state index contributed by atoms with van der Waals surface area (Å²) in [6, 6.07) is 0. The predicted octanol–water partition coefficient (Wildman–Crippen LogP) is 0.231. The lowest BCUT2D eigenvalue weighted by Gasteiger charge is -2.43. The molecule has 7 nitrogen and oxygen atoms in total. The first-order valence-corrected chi connectivity index (χ1v) is 8.91. The summed E-state index contributed by atoms with van der Waals surface area (Å²) >= 11 is 0. The Labute approximate surface area is 147 Å². The summed E-state index contributed by atoms with van der Waals surface area (Å²) in [5.41, 5.74) is 0.146. The van der Waals surface area contributed by atoms with Crippen LogP contribution in [0.4, 0.5) is 0 Å². The largest absolute Gasteiger partial charge is 0.385 e. The van der Waals surface area contributed by atoms with Gasteiger partial charge in [-0.25, -0.2) is 0 Å². The molecule has 0 aromatic carbocycles. The van der Waals surface area contributed by atoms with Gasteiger partial charge in [-0.2, -0.15) is 0 Å². The van der Waals surface area contributed by atoms with Crippen LogP contribution in [-0.2, 0) is 9.47 Å². The van der Waals surface area contributed by atoms with Crippen molar-refractivity contribution >= 4 is 5.96 Å². The molecule has 1 saturated heterocycles. The number of likely N-dealkylation sites (N-methyl/N-ethyl adjacent to an activating group) is 2. The average molecular weight is 344 g/mol. The van der Waals surface area contributed by atoms with Gasteiger partial charge < -0.3 is 29.9 Å². The molecule has 0 amide bonds. The van der Waals surface area contributed by atoms with Gasteiger partial charge in [0.15, 0.2) is 5.96 Å². The van der Waals surface area contributed by atoms with Gasteiger partial charge >= 0.3 is 0 Å².